The Morgan fingerprint density at radius 1 is 0.222 bits per heavy atom. The van der Waals surface area contributed by atoms with E-state index in [1.165, 1.54) is 0 Å². The number of hydrogen-bond donors (Lipinski definition) is 0. The molecule has 0 N–H and O–H groups in total. The van der Waals surface area contributed by atoms with Gasteiger partial charge in [0.15, 0.2) is 0 Å². The van der Waals surface area contributed by atoms with Crippen LogP contribution in [-0.4, -0.2) is 0 Å². The highest BCUT2D eigenvalue weighted by Crippen LogP contribution is 2.50. The van der Waals surface area contributed by atoms with E-state index in [0.29, 0.717) is 0 Å². The Kier molecular flexibility index (Phi) is 11.0. The maximum atomic E-state index is 14.9. The van der Waals surface area contributed by atoms with Crippen molar-refractivity contribution in [2.75, 3.05) is 9.80 Å². The minimum atomic E-state index is -0.290. The summed E-state index contributed by atoms with van der Waals surface area (Å²) in [6, 6.07) is 90.3. The molecule has 63 heavy (non-hydrogen) atoms. The largest absolute Gasteiger partial charge is 0.308 e. The highest BCUT2D eigenvalue weighted by atomic mass is 19.1. The molecule has 0 amide bonds. The molecule has 0 aliphatic heterocycles. The number of nitrogens with zero attached hydrogens (tertiary/aromatic N) is 2. The second-order valence-corrected chi connectivity index (χ2v) is 15.5. The third kappa shape index (κ3) is 8.29. The van der Waals surface area contributed by atoms with Crippen LogP contribution in [0.2, 0.25) is 0 Å². The molecule has 0 fully saturated rings. The molecule has 0 radical (unpaired) electrons. The molecule has 0 unspecified atom stereocenters. The minimum Gasteiger partial charge on any atom is -0.308 e. The number of rotatable bonds is 11. The highest BCUT2D eigenvalue weighted by Gasteiger charge is 2.26. The van der Waals surface area contributed by atoms with E-state index >= 15 is 0 Å². The monoisotopic (exact) mass is 810 g/mol. The number of halogens is 1. The average molecular weight is 811 g/mol. The van der Waals surface area contributed by atoms with Crippen molar-refractivity contribution in [2.24, 2.45) is 0 Å². The van der Waals surface area contributed by atoms with Crippen LogP contribution in [0.4, 0.5) is 38.5 Å². The molecular formula is C60H43FN2. The van der Waals surface area contributed by atoms with E-state index in [1.54, 1.807) is 12.1 Å². The van der Waals surface area contributed by atoms with Crippen LogP contribution < -0.4 is 9.80 Å². The summed E-state index contributed by atoms with van der Waals surface area (Å²) < 4.78 is 14.9. The van der Waals surface area contributed by atoms with Gasteiger partial charge in [0.05, 0.1) is 11.4 Å². The fourth-order valence-corrected chi connectivity index (χ4v) is 8.39. The van der Waals surface area contributed by atoms with Gasteiger partial charge < -0.3 is 9.80 Å². The van der Waals surface area contributed by atoms with Crippen molar-refractivity contribution >= 4 is 34.1 Å². The van der Waals surface area contributed by atoms with Crippen LogP contribution in [0.1, 0.15) is 0 Å². The van der Waals surface area contributed by atoms with Crippen LogP contribution >= 0.6 is 0 Å². The Morgan fingerprint density at radius 2 is 0.444 bits per heavy atom. The van der Waals surface area contributed by atoms with Gasteiger partial charge in [-0.2, -0.15) is 0 Å². The summed E-state index contributed by atoms with van der Waals surface area (Å²) in [5.74, 6) is -0.290. The van der Waals surface area contributed by atoms with Gasteiger partial charge in [0.1, 0.15) is 5.82 Å². The lowest BCUT2D eigenvalue weighted by Crippen LogP contribution is -2.17. The third-order valence-electron chi connectivity index (χ3n) is 11.5. The lowest BCUT2D eigenvalue weighted by molar-refractivity contribution is 0.628. The van der Waals surface area contributed by atoms with Crippen LogP contribution in [0.3, 0.4) is 0 Å². The molecule has 10 rings (SSSR count). The summed E-state index contributed by atoms with van der Waals surface area (Å²) in [7, 11) is 0. The van der Waals surface area contributed by atoms with Gasteiger partial charge in [-0.05, 0) is 128 Å². The van der Waals surface area contributed by atoms with Crippen molar-refractivity contribution in [3.63, 3.8) is 0 Å². The van der Waals surface area contributed by atoms with Gasteiger partial charge in [-0.3, -0.25) is 0 Å². The van der Waals surface area contributed by atoms with Gasteiger partial charge in [-0.25, -0.2) is 4.39 Å². The zero-order chi connectivity index (χ0) is 42.4. The van der Waals surface area contributed by atoms with Gasteiger partial charge in [0, 0.05) is 22.7 Å². The van der Waals surface area contributed by atoms with Gasteiger partial charge in [-0.1, -0.05) is 188 Å². The molecule has 0 spiro atoms. The van der Waals surface area contributed by atoms with Gasteiger partial charge >= 0.3 is 0 Å². The summed E-state index contributed by atoms with van der Waals surface area (Å²) in [5, 5.41) is 0. The predicted molar refractivity (Wildman–Crippen MR) is 263 cm³/mol. The molecule has 0 bridgehead atoms. The van der Waals surface area contributed by atoms with E-state index in [2.05, 4.69) is 228 Å². The zero-order valence-corrected chi connectivity index (χ0v) is 34.6. The number of anilines is 6. The summed E-state index contributed by atoms with van der Waals surface area (Å²) in [4.78, 5) is 4.61. The number of hydrogen-bond acceptors (Lipinski definition) is 2. The van der Waals surface area contributed by atoms with Gasteiger partial charge in [-0.15, -0.1) is 0 Å². The first-order chi connectivity index (χ1) is 31.2. The van der Waals surface area contributed by atoms with Crippen LogP contribution in [-0.2, 0) is 0 Å². The molecule has 0 aliphatic carbocycles. The van der Waals surface area contributed by atoms with Crippen molar-refractivity contribution in [1.29, 1.82) is 0 Å². The Hall–Kier alpha value is -8.27. The normalized spacial score (nSPS) is 10.9. The van der Waals surface area contributed by atoms with Crippen molar-refractivity contribution < 1.29 is 4.39 Å². The van der Waals surface area contributed by atoms with Crippen molar-refractivity contribution in [3.05, 3.63) is 267 Å². The Morgan fingerprint density at radius 3 is 0.714 bits per heavy atom. The predicted octanol–water partition coefficient (Wildman–Crippen LogP) is 17.1. The first-order valence-electron chi connectivity index (χ1n) is 21.3. The molecule has 0 aliphatic rings. The fourth-order valence-electron chi connectivity index (χ4n) is 8.39. The van der Waals surface area contributed by atoms with Crippen LogP contribution in [0.25, 0.3) is 55.6 Å². The molecule has 3 heteroatoms. The zero-order valence-electron chi connectivity index (χ0n) is 34.6. The quantitative estimate of drug-likeness (QED) is 0.128. The molecular weight excluding hydrogens is 768 g/mol. The summed E-state index contributed by atoms with van der Waals surface area (Å²) in [6.45, 7) is 0. The lowest BCUT2D eigenvalue weighted by atomic mass is 9.92. The van der Waals surface area contributed by atoms with Gasteiger partial charge in [0.25, 0.3) is 0 Å². The van der Waals surface area contributed by atoms with Crippen molar-refractivity contribution in [3.8, 4) is 55.6 Å². The Balaban J connectivity index is 1.26. The molecule has 0 saturated carbocycles. The van der Waals surface area contributed by atoms with Gasteiger partial charge in [0.2, 0.25) is 0 Å². The van der Waals surface area contributed by atoms with E-state index in [9.17, 15) is 4.39 Å². The molecule has 2 nitrogen and oxygen atoms in total. The van der Waals surface area contributed by atoms with E-state index < -0.39 is 0 Å². The standard InChI is InChI=1S/C60H43FN2/c61-52-32-40-56(41-33-52)63(55-38-30-49(31-39-55)46-20-10-3-11-21-46)60-43-58(51-24-14-5-15-25-51)57(50-22-12-4-13-23-50)42-59(60)62(53-34-26-47(27-35-53)44-16-6-1-7-17-44)54-36-28-48(29-37-54)45-18-8-2-9-19-45/h1-43H. The molecule has 0 aromatic heterocycles. The topological polar surface area (TPSA) is 6.48 Å². The van der Waals surface area contributed by atoms with Crippen molar-refractivity contribution in [2.45, 2.75) is 0 Å². The van der Waals surface area contributed by atoms with E-state index in [1.807, 2.05) is 30.3 Å². The van der Waals surface area contributed by atoms with E-state index in [-0.39, 0.29) is 5.82 Å². The smallest absolute Gasteiger partial charge is 0.123 e. The minimum absolute atomic E-state index is 0.290. The summed E-state index contributed by atoms with van der Waals surface area (Å²) >= 11 is 0. The van der Waals surface area contributed by atoms with Crippen molar-refractivity contribution in [1.82, 2.24) is 0 Å². The third-order valence-corrected chi connectivity index (χ3v) is 11.5. The molecule has 0 atom stereocenters. The van der Waals surface area contributed by atoms with Crippen LogP contribution in [0.15, 0.2) is 261 Å². The highest BCUT2D eigenvalue weighted by molar-refractivity contribution is 5.99. The first kappa shape index (κ1) is 38.9. The van der Waals surface area contributed by atoms with Crippen LogP contribution in [0, 0.1) is 5.82 Å². The molecule has 10 aromatic rings. The molecule has 0 heterocycles. The lowest BCUT2D eigenvalue weighted by Gasteiger charge is -2.34. The Bertz CT molecular complexity index is 2960. The maximum Gasteiger partial charge on any atom is 0.123 e. The maximum absolute atomic E-state index is 14.9. The molecule has 10 aromatic carbocycles. The summed E-state index contributed by atoms with van der Waals surface area (Å²) in [6.07, 6.45) is 0. The average Bonchev–Trinajstić information content (AvgIpc) is 3.37. The molecule has 300 valence electrons. The van der Waals surface area contributed by atoms with E-state index in [0.717, 1.165) is 89.8 Å². The Labute approximate surface area is 369 Å². The summed E-state index contributed by atoms with van der Waals surface area (Å²) in [5.41, 5.74) is 16.8. The van der Waals surface area contributed by atoms with E-state index in [4.69, 9.17) is 0 Å². The number of benzene rings is 10. The first-order valence-corrected chi connectivity index (χ1v) is 21.3. The SMILES string of the molecule is Fc1ccc(N(c2ccc(-c3ccccc3)cc2)c2cc(-c3ccccc3)c(-c3ccccc3)cc2N(c2ccc(-c3ccccc3)cc2)c2ccc(-c3ccccc3)cc2)cc1. The van der Waals surface area contributed by atoms with Crippen LogP contribution in [0.5, 0.6) is 0 Å². The second kappa shape index (κ2) is 17.8. The molecule has 0 saturated heterocycles. The second-order valence-electron chi connectivity index (χ2n) is 15.5. The fraction of sp³-hybridized carbons (Fsp3) is 0.